The highest BCUT2D eigenvalue weighted by atomic mass is 16.6. The molecule has 0 radical (unpaired) electrons. The van der Waals surface area contributed by atoms with E-state index < -0.39 is 0 Å². The fourth-order valence-corrected chi connectivity index (χ4v) is 19.1. The number of nitrogens with zero attached hydrogens (tertiary/aromatic N) is 3. The third-order valence-electron chi connectivity index (χ3n) is 28.8. The molecule has 0 aliphatic rings. The Kier molecular flexibility index (Phi) is 131. The molecular weight excluding hydrogens is 1790 g/mol. The molecule has 0 unspecified atom stereocenters. The Morgan fingerprint density at radius 2 is 0.306 bits per heavy atom. The van der Waals surface area contributed by atoms with Crippen LogP contribution in [0.3, 0.4) is 0 Å². The zero-order chi connectivity index (χ0) is 105. The van der Waals surface area contributed by atoms with Crippen LogP contribution in [0.4, 0.5) is 0 Å². The third-order valence-corrected chi connectivity index (χ3v) is 28.8. The van der Waals surface area contributed by atoms with Crippen molar-refractivity contribution >= 4 is 35.8 Å². The van der Waals surface area contributed by atoms with E-state index >= 15 is 0 Å². The van der Waals surface area contributed by atoms with Crippen LogP contribution in [-0.2, 0) is 57.2 Å². The van der Waals surface area contributed by atoms with E-state index in [1.807, 2.05) is 7.05 Å². The van der Waals surface area contributed by atoms with Gasteiger partial charge in [-0.25, -0.2) is 0 Å². The standard InChI is InChI=1S/C61H120N2O6.C42H84N2O4.C23H48N2O2/c1-5-8-11-14-17-20-23-26-29-32-35-38-41-56-67-59(64)48-44-51-62(4)52-47-55-63(53-45-49-60(65)68-57-42-39-36-33-30-27-24-21-18-15-12-9-6-2)54-46-50-61(66)69-58-43-40-37-34-31-28-25-22-19-16-13-10-7-3;1-4-6-8-10-12-14-16-18-20-22-24-26-28-39-47-41(45)33-30-35-43-36-32-38-44(3)37-31-34-42(46)48-40-29-27-25-23-21-19-17-15-13-11-9-7-5-2;1-3-4-5-6-7-8-9-10-11-12-13-14-15-22-27-23(26)18-16-20-25-21-17-19-24-2/h5-58H2,1-4H3;43H,4-40H2,1-3H3;24-25H,3-22H2,1-2H3. The summed E-state index contributed by atoms with van der Waals surface area (Å²) < 4.78 is 32.9. The number of hydrogen-bond acceptors (Lipinski definition) is 18. The average Bonchev–Trinajstić information content (AvgIpc) is 0.962. The Balaban J connectivity index is -0.00000228. The summed E-state index contributed by atoms with van der Waals surface area (Å²) >= 11 is 0. The molecule has 0 aromatic carbocycles. The van der Waals surface area contributed by atoms with Gasteiger partial charge in [-0.05, 0) is 196 Å². The summed E-state index contributed by atoms with van der Waals surface area (Å²) in [7, 11) is 6.21. The fraction of sp³-hybridized carbons (Fsp3) is 0.952. The Bertz CT molecular complexity index is 2450. The lowest BCUT2D eigenvalue weighted by atomic mass is 10.0. The maximum absolute atomic E-state index is 12.6. The van der Waals surface area contributed by atoms with Gasteiger partial charge < -0.3 is 59.1 Å². The molecule has 0 aromatic heterocycles. The first-order valence-electron chi connectivity index (χ1n) is 63.9. The number of rotatable bonds is 120. The van der Waals surface area contributed by atoms with E-state index in [4.69, 9.17) is 28.4 Å². The molecule has 0 saturated carbocycles. The van der Waals surface area contributed by atoms with Crippen LogP contribution in [0.25, 0.3) is 0 Å². The molecule has 0 spiro atoms. The number of carbonyl (C=O) groups excluding carboxylic acids is 6. The Morgan fingerprint density at radius 1 is 0.160 bits per heavy atom. The normalized spacial score (nSPS) is 11.4. The zero-order valence-corrected chi connectivity index (χ0v) is 98.2. The van der Waals surface area contributed by atoms with Crippen LogP contribution in [0.5, 0.6) is 0 Å². The van der Waals surface area contributed by atoms with Crippen molar-refractivity contribution in [3.63, 3.8) is 0 Å². The molecule has 18 nitrogen and oxygen atoms in total. The van der Waals surface area contributed by atoms with Crippen LogP contribution >= 0.6 is 0 Å². The van der Waals surface area contributed by atoms with Gasteiger partial charge in [-0.15, -0.1) is 0 Å². The Hall–Kier alpha value is -3.42. The lowest BCUT2D eigenvalue weighted by molar-refractivity contribution is -0.145. The summed E-state index contributed by atoms with van der Waals surface area (Å²) in [6, 6.07) is 0. The first-order chi connectivity index (χ1) is 70.8. The van der Waals surface area contributed by atoms with Crippen molar-refractivity contribution in [3.8, 4) is 0 Å². The van der Waals surface area contributed by atoms with Crippen molar-refractivity contribution in [1.29, 1.82) is 0 Å². The molecule has 858 valence electrons. The topological polar surface area (TPSA) is 204 Å². The van der Waals surface area contributed by atoms with Crippen LogP contribution in [-0.4, -0.2) is 190 Å². The highest BCUT2D eigenvalue weighted by Crippen LogP contribution is 2.22. The van der Waals surface area contributed by atoms with Crippen LogP contribution in [0.2, 0.25) is 0 Å². The molecular formula is C126H252N6O12. The molecule has 0 aliphatic heterocycles. The first kappa shape index (κ1) is 145. The highest BCUT2D eigenvalue weighted by molar-refractivity contribution is 5.71. The maximum Gasteiger partial charge on any atom is 0.305 e. The monoisotopic (exact) mass is 2040 g/mol. The second-order valence-corrected chi connectivity index (χ2v) is 43.5. The van der Waals surface area contributed by atoms with Crippen molar-refractivity contribution in [1.82, 2.24) is 30.7 Å². The van der Waals surface area contributed by atoms with Gasteiger partial charge in [0.1, 0.15) is 0 Å². The molecule has 0 amide bonds. The van der Waals surface area contributed by atoms with E-state index in [9.17, 15) is 28.8 Å². The smallest absolute Gasteiger partial charge is 0.305 e. The van der Waals surface area contributed by atoms with E-state index in [0.29, 0.717) is 78.2 Å². The Labute approximate surface area is 896 Å². The number of ether oxygens (including phenoxy) is 6. The minimum atomic E-state index is -0.0896. The molecule has 0 rings (SSSR count). The van der Waals surface area contributed by atoms with Crippen molar-refractivity contribution in [3.05, 3.63) is 0 Å². The number of carbonyl (C=O) groups is 6. The van der Waals surface area contributed by atoms with Gasteiger partial charge in [0.05, 0.1) is 39.6 Å². The van der Waals surface area contributed by atoms with Crippen molar-refractivity contribution < 1.29 is 57.2 Å². The molecule has 0 fully saturated rings. The van der Waals surface area contributed by atoms with Crippen LogP contribution < -0.4 is 16.0 Å². The summed E-state index contributed by atoms with van der Waals surface area (Å²) in [4.78, 5) is 80.2. The third kappa shape index (κ3) is 131. The van der Waals surface area contributed by atoms with Crippen molar-refractivity contribution in [2.45, 2.75) is 639 Å². The second-order valence-electron chi connectivity index (χ2n) is 43.5. The van der Waals surface area contributed by atoms with Gasteiger partial charge in [0.15, 0.2) is 0 Å². The number of esters is 6. The minimum Gasteiger partial charge on any atom is -0.466 e. The Morgan fingerprint density at radius 3 is 0.500 bits per heavy atom. The summed E-state index contributed by atoms with van der Waals surface area (Å²) in [5, 5.41) is 9.91. The van der Waals surface area contributed by atoms with E-state index in [2.05, 4.69) is 86.3 Å². The van der Waals surface area contributed by atoms with Gasteiger partial charge in [0.2, 0.25) is 0 Å². The van der Waals surface area contributed by atoms with Crippen LogP contribution in [0.15, 0.2) is 0 Å². The van der Waals surface area contributed by atoms with E-state index in [0.717, 1.165) is 194 Å². The summed E-state index contributed by atoms with van der Waals surface area (Å²) in [6.45, 7) is 28.0. The lowest BCUT2D eigenvalue weighted by Crippen LogP contribution is -2.31. The van der Waals surface area contributed by atoms with Crippen molar-refractivity contribution in [2.75, 3.05) is 139 Å². The van der Waals surface area contributed by atoms with Gasteiger partial charge in [-0.3, -0.25) is 28.8 Å². The van der Waals surface area contributed by atoms with E-state index in [1.54, 1.807) is 0 Å². The minimum absolute atomic E-state index is 0.0361. The zero-order valence-electron chi connectivity index (χ0n) is 98.2. The van der Waals surface area contributed by atoms with E-state index in [1.165, 1.54) is 443 Å². The number of hydrogen-bond donors (Lipinski definition) is 3. The largest absolute Gasteiger partial charge is 0.466 e. The summed E-state index contributed by atoms with van der Waals surface area (Å²) in [5.41, 5.74) is 0. The maximum atomic E-state index is 12.6. The lowest BCUT2D eigenvalue weighted by Gasteiger charge is -2.24. The predicted molar refractivity (Wildman–Crippen MR) is 620 cm³/mol. The SMILES string of the molecule is CCCCCCCCCCCCCCCOC(=O)CCCN(C)CCCN(CCCC(=O)OCCCCCCCCCCCCCCC)CCCC(=O)OCCCCCCCCCCCCCCC.CCCCCCCCCCCCCCCOC(=O)CCCNCCCN(C)CCCC(=O)OCCCCCCCCCCCCCCC.CCCCCCCCCCCCCCCOC(=O)CCCNCCCNC. The molecule has 0 aliphatic carbocycles. The van der Waals surface area contributed by atoms with Crippen molar-refractivity contribution in [2.24, 2.45) is 0 Å². The number of unbranched alkanes of at least 4 members (excludes halogenated alkanes) is 72. The van der Waals surface area contributed by atoms with Gasteiger partial charge in [-0.1, -0.05) is 504 Å². The highest BCUT2D eigenvalue weighted by Gasteiger charge is 2.15. The molecule has 0 heterocycles. The average molecular weight is 2040 g/mol. The number of nitrogens with one attached hydrogen (secondary N) is 3. The summed E-state index contributed by atoms with van der Waals surface area (Å²) in [5.74, 6) is -0.392. The molecule has 18 heteroatoms. The fourth-order valence-electron chi connectivity index (χ4n) is 19.1. The molecule has 0 aromatic rings. The quantitative estimate of drug-likeness (QED) is 0.0294. The van der Waals surface area contributed by atoms with Crippen LogP contribution in [0.1, 0.15) is 639 Å². The second kappa shape index (κ2) is 130. The van der Waals surface area contributed by atoms with Gasteiger partial charge in [-0.2, -0.15) is 0 Å². The van der Waals surface area contributed by atoms with Crippen LogP contribution in [0, 0.1) is 0 Å². The van der Waals surface area contributed by atoms with E-state index in [-0.39, 0.29) is 35.8 Å². The first-order valence-corrected chi connectivity index (χ1v) is 63.9. The molecule has 0 saturated heterocycles. The summed E-state index contributed by atoms with van der Waals surface area (Å²) in [6.07, 6.45) is 114. The van der Waals surface area contributed by atoms with Gasteiger partial charge >= 0.3 is 35.8 Å². The molecule has 144 heavy (non-hydrogen) atoms. The predicted octanol–water partition coefficient (Wildman–Crippen LogP) is 35.2. The molecule has 0 bridgehead atoms. The van der Waals surface area contributed by atoms with Gasteiger partial charge in [0.25, 0.3) is 0 Å². The molecule has 3 N–H and O–H groups in total. The van der Waals surface area contributed by atoms with Gasteiger partial charge in [0, 0.05) is 38.5 Å². The molecule has 0 atom stereocenters.